The quantitative estimate of drug-likeness (QED) is 0.512. The van der Waals surface area contributed by atoms with E-state index in [1.165, 1.54) is 6.07 Å². The van der Waals surface area contributed by atoms with Crippen molar-refractivity contribution >= 4 is 0 Å². The molecule has 0 amide bonds. The lowest BCUT2D eigenvalue weighted by Crippen LogP contribution is -1.63. The van der Waals surface area contributed by atoms with Crippen LogP contribution < -0.4 is 0 Å². The van der Waals surface area contributed by atoms with Crippen molar-refractivity contribution < 1.29 is 10.2 Å². The van der Waals surface area contributed by atoms with Crippen LogP contribution in [0.4, 0.5) is 0 Å². The fourth-order valence-electron chi connectivity index (χ4n) is 0.955. The summed E-state index contributed by atoms with van der Waals surface area (Å²) < 4.78 is 0. The van der Waals surface area contributed by atoms with Crippen molar-refractivity contribution in [3.63, 3.8) is 0 Å². The maximum atomic E-state index is 9.01. The van der Waals surface area contributed by atoms with Crippen molar-refractivity contribution in [2.45, 2.75) is 6.42 Å². The third kappa shape index (κ3) is 0.499. The molecule has 0 aliphatic heterocycles. The molecule has 0 bridgehead atoms. The molecule has 0 atom stereocenters. The molecule has 0 radical (unpaired) electrons. The Labute approximate surface area is 52.4 Å². The van der Waals surface area contributed by atoms with E-state index in [2.05, 4.69) is 0 Å². The minimum Gasteiger partial charge on any atom is -0.504 e. The zero-order valence-corrected chi connectivity index (χ0v) is 4.76. The van der Waals surface area contributed by atoms with Gasteiger partial charge >= 0.3 is 0 Å². The highest BCUT2D eigenvalue weighted by atomic mass is 16.3. The SMILES string of the molecule is Oc1ccc2c(c1O)C2. The number of aromatic hydroxyl groups is 2. The van der Waals surface area contributed by atoms with Gasteiger partial charge in [-0.3, -0.25) is 0 Å². The van der Waals surface area contributed by atoms with E-state index >= 15 is 0 Å². The van der Waals surface area contributed by atoms with Crippen LogP contribution in [0.1, 0.15) is 11.1 Å². The Bertz CT molecular complexity index is 262. The summed E-state index contributed by atoms with van der Waals surface area (Å²) in [5.74, 6) is 0.0544. The molecule has 0 saturated carbocycles. The largest absolute Gasteiger partial charge is 0.504 e. The lowest BCUT2D eigenvalue weighted by Gasteiger charge is -1.91. The van der Waals surface area contributed by atoms with E-state index in [0.29, 0.717) is 0 Å². The van der Waals surface area contributed by atoms with Gasteiger partial charge in [-0.2, -0.15) is 0 Å². The minimum absolute atomic E-state index is 0.00810. The van der Waals surface area contributed by atoms with E-state index < -0.39 is 0 Å². The van der Waals surface area contributed by atoms with Crippen molar-refractivity contribution in [2.75, 3.05) is 0 Å². The molecule has 2 N–H and O–H groups in total. The summed E-state index contributed by atoms with van der Waals surface area (Å²) in [6.07, 6.45) is 0.840. The number of rotatable bonds is 0. The molecular weight excluding hydrogens is 116 g/mol. The smallest absolute Gasteiger partial charge is 0.161 e. The molecule has 1 aliphatic carbocycles. The van der Waals surface area contributed by atoms with Gasteiger partial charge in [-0.25, -0.2) is 0 Å². The summed E-state index contributed by atoms with van der Waals surface area (Å²) in [6, 6.07) is 3.34. The second-order valence-corrected chi connectivity index (χ2v) is 2.25. The molecule has 2 nitrogen and oxygen atoms in total. The average Bonchev–Trinajstić information content (AvgIpc) is 2.58. The fraction of sp³-hybridized carbons (Fsp3) is 0.143. The second-order valence-electron chi connectivity index (χ2n) is 2.25. The summed E-state index contributed by atoms with van der Waals surface area (Å²) in [6.45, 7) is 0. The van der Waals surface area contributed by atoms with Gasteiger partial charge in [0.25, 0.3) is 0 Å². The zero-order chi connectivity index (χ0) is 6.43. The molecule has 9 heavy (non-hydrogen) atoms. The van der Waals surface area contributed by atoms with Crippen LogP contribution in [0, 0.1) is 0 Å². The van der Waals surface area contributed by atoms with Gasteiger partial charge in [0.05, 0.1) is 0 Å². The summed E-state index contributed by atoms with van der Waals surface area (Å²) in [4.78, 5) is 0. The maximum absolute atomic E-state index is 9.01. The predicted molar refractivity (Wildman–Crippen MR) is 32.6 cm³/mol. The molecule has 46 valence electrons. The predicted octanol–water partition coefficient (Wildman–Crippen LogP) is 1.00. The van der Waals surface area contributed by atoms with Crippen molar-refractivity contribution in [3.8, 4) is 11.5 Å². The Morgan fingerprint density at radius 3 is 2.67 bits per heavy atom. The van der Waals surface area contributed by atoms with E-state index in [-0.39, 0.29) is 11.5 Å². The molecule has 0 aromatic heterocycles. The van der Waals surface area contributed by atoms with Crippen LogP contribution in [0.25, 0.3) is 0 Å². The van der Waals surface area contributed by atoms with Crippen LogP contribution in [-0.4, -0.2) is 10.2 Å². The third-order valence-corrected chi connectivity index (χ3v) is 1.60. The van der Waals surface area contributed by atoms with Crippen LogP contribution in [0.15, 0.2) is 12.1 Å². The summed E-state index contributed by atoms with van der Waals surface area (Å²) in [5, 5.41) is 17.9. The van der Waals surface area contributed by atoms with Gasteiger partial charge in [0.2, 0.25) is 0 Å². The van der Waals surface area contributed by atoms with Crippen LogP contribution in [0.2, 0.25) is 0 Å². The first-order chi connectivity index (χ1) is 4.29. The lowest BCUT2D eigenvalue weighted by molar-refractivity contribution is 0.403. The van der Waals surface area contributed by atoms with Crippen LogP contribution in [0.5, 0.6) is 11.5 Å². The molecule has 0 unspecified atom stereocenters. The van der Waals surface area contributed by atoms with E-state index in [1.807, 2.05) is 6.07 Å². The van der Waals surface area contributed by atoms with E-state index in [0.717, 1.165) is 17.5 Å². The highest BCUT2D eigenvalue weighted by Crippen LogP contribution is 2.41. The highest BCUT2D eigenvalue weighted by molar-refractivity contribution is 5.59. The third-order valence-electron chi connectivity index (χ3n) is 1.60. The van der Waals surface area contributed by atoms with Gasteiger partial charge in [0, 0.05) is 12.0 Å². The summed E-state index contributed by atoms with van der Waals surface area (Å²) >= 11 is 0. The van der Waals surface area contributed by atoms with E-state index in [1.54, 1.807) is 0 Å². The van der Waals surface area contributed by atoms with Crippen LogP contribution in [0.3, 0.4) is 0 Å². The first-order valence-electron chi connectivity index (χ1n) is 2.82. The Morgan fingerprint density at radius 2 is 2.00 bits per heavy atom. The van der Waals surface area contributed by atoms with Crippen molar-refractivity contribution in [3.05, 3.63) is 23.3 Å². The molecule has 0 heterocycles. The van der Waals surface area contributed by atoms with Gasteiger partial charge in [0.15, 0.2) is 11.5 Å². The Hall–Kier alpha value is -1.18. The number of benzene rings is 1. The van der Waals surface area contributed by atoms with E-state index in [4.69, 9.17) is 10.2 Å². The molecule has 2 heteroatoms. The molecule has 0 saturated heterocycles. The number of phenols is 2. The normalized spacial score (nSPS) is 12.9. The highest BCUT2D eigenvalue weighted by Gasteiger charge is 2.22. The molecule has 0 spiro atoms. The first-order valence-corrected chi connectivity index (χ1v) is 2.82. The van der Waals surface area contributed by atoms with Crippen LogP contribution >= 0.6 is 0 Å². The summed E-state index contributed by atoms with van der Waals surface area (Å²) in [7, 11) is 0. The number of fused-ring (bicyclic) bond motifs is 1. The Balaban J connectivity index is 2.70. The van der Waals surface area contributed by atoms with E-state index in [9.17, 15) is 0 Å². The van der Waals surface area contributed by atoms with Crippen molar-refractivity contribution in [1.29, 1.82) is 0 Å². The lowest BCUT2D eigenvalue weighted by atomic mass is 10.3. The molecule has 1 aromatic rings. The molecule has 1 aromatic carbocycles. The standard InChI is InChI=1S/C7H6O2/c8-6-2-1-4-3-5(4)7(6)9/h1-2,8-9H,3H2. The molecule has 2 rings (SSSR count). The van der Waals surface area contributed by atoms with Gasteiger partial charge < -0.3 is 10.2 Å². The minimum atomic E-state index is -0.00810. The average molecular weight is 122 g/mol. The zero-order valence-electron chi connectivity index (χ0n) is 4.76. The molecular formula is C7H6O2. The Kier molecular flexibility index (Phi) is 0.628. The maximum Gasteiger partial charge on any atom is 0.161 e. The van der Waals surface area contributed by atoms with Crippen LogP contribution in [-0.2, 0) is 6.42 Å². The monoisotopic (exact) mass is 122 g/mol. The van der Waals surface area contributed by atoms with Gasteiger partial charge in [0.1, 0.15) is 0 Å². The second kappa shape index (κ2) is 1.21. The van der Waals surface area contributed by atoms with Crippen molar-refractivity contribution in [2.24, 2.45) is 0 Å². The topological polar surface area (TPSA) is 40.5 Å². The Morgan fingerprint density at radius 1 is 1.22 bits per heavy atom. The number of hydrogen-bond acceptors (Lipinski definition) is 2. The molecule has 1 aliphatic rings. The van der Waals surface area contributed by atoms with Gasteiger partial charge in [-0.05, 0) is 11.6 Å². The first kappa shape index (κ1) is 4.68. The number of phenolic OH excluding ortho intramolecular Hbond substituents is 2. The molecule has 0 fully saturated rings. The van der Waals surface area contributed by atoms with Gasteiger partial charge in [-0.15, -0.1) is 0 Å². The van der Waals surface area contributed by atoms with Gasteiger partial charge in [-0.1, -0.05) is 6.07 Å². The fourth-order valence-corrected chi connectivity index (χ4v) is 0.955. The number of hydrogen-bond donors (Lipinski definition) is 2. The summed E-state index contributed by atoms with van der Waals surface area (Å²) in [5.41, 5.74) is 2.04. The van der Waals surface area contributed by atoms with Crippen molar-refractivity contribution in [1.82, 2.24) is 0 Å².